The molecule has 0 amide bonds. The van der Waals surface area contributed by atoms with E-state index in [1.165, 1.54) is 16.6 Å². The lowest BCUT2D eigenvalue weighted by atomic mass is 9.61. The van der Waals surface area contributed by atoms with Crippen molar-refractivity contribution in [1.82, 2.24) is 0 Å². The molecule has 0 fully saturated rings. The molecule has 154 valence electrons. The molecule has 3 heteroatoms. The van der Waals surface area contributed by atoms with E-state index in [-0.39, 0.29) is 0 Å². The summed E-state index contributed by atoms with van der Waals surface area (Å²) in [5.74, 6) is 1.81. The summed E-state index contributed by atoms with van der Waals surface area (Å²) in [6, 6.07) is 6.71. The third-order valence-electron chi connectivity index (χ3n) is 4.61. The lowest BCUT2D eigenvalue weighted by molar-refractivity contribution is 0.633. The van der Waals surface area contributed by atoms with Crippen LogP contribution in [-0.2, 0) is 0 Å². The Morgan fingerprint density at radius 1 is 0.893 bits per heavy atom. The number of nitrogens with zero attached hydrogens (tertiary/aromatic N) is 1. The summed E-state index contributed by atoms with van der Waals surface area (Å²) in [4.78, 5) is 2.21. The molecule has 0 heterocycles. The Hall–Kier alpha value is -1.90. The molecule has 0 aliphatic heterocycles. The summed E-state index contributed by atoms with van der Waals surface area (Å²) in [5.41, 5.74) is 7.03. The van der Waals surface area contributed by atoms with Gasteiger partial charge >= 0.3 is 0 Å². The third kappa shape index (κ3) is 8.86. The Kier molecular flexibility index (Phi) is 9.65. The zero-order valence-electron chi connectivity index (χ0n) is 19.4. The van der Waals surface area contributed by atoms with Crippen LogP contribution in [0.3, 0.4) is 0 Å². The Labute approximate surface area is 175 Å². The van der Waals surface area contributed by atoms with Gasteiger partial charge < -0.3 is 10.2 Å². The summed E-state index contributed by atoms with van der Waals surface area (Å²) < 4.78 is 0. The molecule has 1 rings (SSSR count). The molecular weight excluding hydrogens is 339 g/mol. The molecule has 0 spiro atoms. The minimum atomic E-state index is 0.585. The lowest BCUT2D eigenvalue weighted by Gasteiger charge is -2.25. The Balaban J connectivity index is 3.13. The first-order valence-electron chi connectivity index (χ1n) is 10.6. The predicted octanol–water partition coefficient (Wildman–Crippen LogP) is 6.28. The van der Waals surface area contributed by atoms with E-state index in [1.807, 2.05) is 0 Å². The highest BCUT2D eigenvalue weighted by Gasteiger charge is 2.12. The maximum atomic E-state index is 4.30. The summed E-state index contributed by atoms with van der Waals surface area (Å²) in [5, 5.41) is 3.52. The molecule has 0 saturated heterocycles. The van der Waals surface area contributed by atoms with Crippen molar-refractivity contribution < 1.29 is 0 Å². The second kappa shape index (κ2) is 11.2. The standard InChI is InChI=1S/C25H41BN2/c1-17(2)11-20(7)26-23-14-24(27-21(8)12-18(3)4)16-25(15-23)28(10)22(9)13-19(5)6/h14-19,26-27H,7-9,11-13H2,1-6,10H3. The second-order valence-corrected chi connectivity index (χ2v) is 9.46. The van der Waals surface area contributed by atoms with E-state index in [0.717, 1.165) is 43.6 Å². The van der Waals surface area contributed by atoms with Gasteiger partial charge in [0.05, 0.1) is 0 Å². The van der Waals surface area contributed by atoms with Gasteiger partial charge in [-0.05, 0) is 55.2 Å². The van der Waals surface area contributed by atoms with Gasteiger partial charge in [-0.3, -0.25) is 0 Å². The normalized spacial score (nSPS) is 11.1. The third-order valence-corrected chi connectivity index (χ3v) is 4.61. The highest BCUT2D eigenvalue weighted by molar-refractivity contribution is 6.61. The molecule has 0 bridgehead atoms. The van der Waals surface area contributed by atoms with Crippen LogP contribution >= 0.6 is 0 Å². The van der Waals surface area contributed by atoms with Crippen molar-refractivity contribution in [3.63, 3.8) is 0 Å². The molecule has 0 atom stereocenters. The predicted molar refractivity (Wildman–Crippen MR) is 131 cm³/mol. The van der Waals surface area contributed by atoms with E-state index in [4.69, 9.17) is 0 Å². The topological polar surface area (TPSA) is 15.3 Å². The Bertz CT molecular complexity index is 644. The molecular formula is C25H41BN2. The molecule has 0 radical (unpaired) electrons. The maximum absolute atomic E-state index is 4.30. The van der Waals surface area contributed by atoms with E-state index < -0.39 is 0 Å². The summed E-state index contributed by atoms with van der Waals surface area (Å²) >= 11 is 0. The summed E-state index contributed by atoms with van der Waals surface area (Å²) in [6.45, 7) is 26.2. The average molecular weight is 380 g/mol. The Morgan fingerprint density at radius 3 is 2.00 bits per heavy atom. The minimum Gasteiger partial charge on any atom is -0.359 e. The zero-order valence-corrected chi connectivity index (χ0v) is 19.4. The molecule has 1 N–H and O–H groups in total. The quantitative estimate of drug-likeness (QED) is 0.430. The first-order valence-corrected chi connectivity index (χ1v) is 10.6. The van der Waals surface area contributed by atoms with Crippen molar-refractivity contribution in [2.75, 3.05) is 17.3 Å². The number of anilines is 2. The van der Waals surface area contributed by atoms with Gasteiger partial charge in [-0.1, -0.05) is 60.2 Å². The summed E-state index contributed by atoms with van der Waals surface area (Å²) in [6.07, 6.45) is 3.02. The van der Waals surface area contributed by atoms with Crippen LogP contribution in [0.4, 0.5) is 11.4 Å². The van der Waals surface area contributed by atoms with Gasteiger partial charge in [-0.15, -0.1) is 12.1 Å². The van der Waals surface area contributed by atoms with Gasteiger partial charge in [0.25, 0.3) is 0 Å². The molecule has 0 aliphatic carbocycles. The number of hydrogen-bond acceptors (Lipinski definition) is 2. The smallest absolute Gasteiger partial charge is 0.186 e. The molecule has 1 aromatic rings. The highest BCUT2D eigenvalue weighted by Crippen LogP contribution is 2.25. The number of rotatable bonds is 12. The van der Waals surface area contributed by atoms with Crippen LogP contribution in [-0.4, -0.2) is 14.3 Å². The molecule has 1 aromatic carbocycles. The van der Waals surface area contributed by atoms with E-state index in [2.05, 4.69) is 96.7 Å². The van der Waals surface area contributed by atoms with Crippen molar-refractivity contribution in [1.29, 1.82) is 0 Å². The van der Waals surface area contributed by atoms with E-state index >= 15 is 0 Å². The van der Waals surface area contributed by atoms with Crippen molar-refractivity contribution in [2.45, 2.75) is 60.8 Å². The lowest BCUT2D eigenvalue weighted by Crippen LogP contribution is -2.23. The van der Waals surface area contributed by atoms with E-state index in [0.29, 0.717) is 17.8 Å². The number of allylic oxidation sites excluding steroid dienone is 3. The fourth-order valence-corrected chi connectivity index (χ4v) is 3.52. The van der Waals surface area contributed by atoms with Crippen LogP contribution < -0.4 is 15.7 Å². The maximum Gasteiger partial charge on any atom is 0.186 e. The van der Waals surface area contributed by atoms with Gasteiger partial charge in [0.15, 0.2) is 7.28 Å². The van der Waals surface area contributed by atoms with Crippen LogP contribution in [0.2, 0.25) is 0 Å². The zero-order chi connectivity index (χ0) is 21.4. The number of hydrogen-bond donors (Lipinski definition) is 1. The van der Waals surface area contributed by atoms with Crippen molar-refractivity contribution in [3.05, 3.63) is 54.8 Å². The van der Waals surface area contributed by atoms with Crippen LogP contribution in [0, 0.1) is 17.8 Å². The molecule has 0 unspecified atom stereocenters. The number of benzene rings is 1. The van der Waals surface area contributed by atoms with Gasteiger partial charge in [0.1, 0.15) is 0 Å². The average Bonchev–Trinajstić information content (AvgIpc) is 2.51. The first-order chi connectivity index (χ1) is 13.0. The number of nitrogens with one attached hydrogen (secondary N) is 1. The van der Waals surface area contributed by atoms with Gasteiger partial charge in [0, 0.05) is 29.8 Å². The van der Waals surface area contributed by atoms with Crippen LogP contribution in [0.1, 0.15) is 60.8 Å². The molecule has 28 heavy (non-hydrogen) atoms. The minimum absolute atomic E-state index is 0.585. The largest absolute Gasteiger partial charge is 0.359 e. The molecule has 0 saturated carbocycles. The molecule has 0 aromatic heterocycles. The van der Waals surface area contributed by atoms with Crippen LogP contribution in [0.25, 0.3) is 0 Å². The van der Waals surface area contributed by atoms with Gasteiger partial charge in [-0.25, -0.2) is 0 Å². The summed E-state index contributed by atoms with van der Waals surface area (Å²) in [7, 11) is 3.02. The first kappa shape index (κ1) is 24.1. The van der Waals surface area contributed by atoms with E-state index in [9.17, 15) is 0 Å². The SMILES string of the molecule is C=C(Bc1cc(NC(=C)CC(C)C)cc(N(C)C(=C)CC(C)C)c1)CC(C)C. The molecule has 0 aliphatic rings. The van der Waals surface area contributed by atoms with Crippen LogP contribution in [0.5, 0.6) is 0 Å². The van der Waals surface area contributed by atoms with Crippen LogP contribution in [0.15, 0.2) is 54.8 Å². The Morgan fingerprint density at radius 2 is 1.46 bits per heavy atom. The van der Waals surface area contributed by atoms with Gasteiger partial charge in [-0.2, -0.15) is 0 Å². The monoisotopic (exact) mass is 380 g/mol. The van der Waals surface area contributed by atoms with Crippen molar-refractivity contribution in [2.24, 2.45) is 17.8 Å². The van der Waals surface area contributed by atoms with E-state index in [1.54, 1.807) is 0 Å². The van der Waals surface area contributed by atoms with Crippen molar-refractivity contribution >= 4 is 24.1 Å². The fourth-order valence-electron chi connectivity index (χ4n) is 3.52. The highest BCUT2D eigenvalue weighted by atomic mass is 15.1. The second-order valence-electron chi connectivity index (χ2n) is 9.46. The van der Waals surface area contributed by atoms with Gasteiger partial charge in [0.2, 0.25) is 0 Å². The van der Waals surface area contributed by atoms with Crippen molar-refractivity contribution in [3.8, 4) is 0 Å². The fraction of sp³-hybridized carbons (Fsp3) is 0.520. The molecule has 2 nitrogen and oxygen atoms in total.